The highest BCUT2D eigenvalue weighted by Gasteiger charge is 2.30. The minimum atomic E-state index is -0.479. The number of aliphatic imine (C=N–C) groups is 1. The number of carbonyl (C=O) groups is 1. The number of piperidine rings is 1. The van der Waals surface area contributed by atoms with Gasteiger partial charge >= 0.3 is 6.09 Å². The molecule has 1 unspecified atom stereocenters. The number of carbonyl (C=O) groups excluding carboxylic acids is 1. The van der Waals surface area contributed by atoms with Crippen molar-refractivity contribution < 1.29 is 9.53 Å². The van der Waals surface area contributed by atoms with E-state index in [9.17, 15) is 4.79 Å². The highest BCUT2D eigenvalue weighted by Crippen LogP contribution is 2.20. The Balaban J connectivity index is 1.97. The van der Waals surface area contributed by atoms with Crippen molar-refractivity contribution in [2.24, 2.45) is 4.99 Å². The number of ether oxygens (including phenoxy) is 1. The molecule has 1 aliphatic heterocycles. The van der Waals surface area contributed by atoms with Crippen molar-refractivity contribution >= 4 is 23.4 Å². The molecule has 1 aromatic rings. The van der Waals surface area contributed by atoms with Crippen LogP contribution in [0.5, 0.6) is 0 Å². The van der Waals surface area contributed by atoms with Crippen LogP contribution in [0.1, 0.15) is 62.5 Å². The van der Waals surface area contributed by atoms with Gasteiger partial charge in [0.15, 0.2) is 5.96 Å². The number of guanidine groups is 1. The maximum Gasteiger partial charge on any atom is 0.410 e. The van der Waals surface area contributed by atoms with Crippen LogP contribution in [0.15, 0.2) is 4.99 Å². The molecule has 0 saturated carbocycles. The summed E-state index contributed by atoms with van der Waals surface area (Å²) in [5.74, 6) is 0.753. The number of likely N-dealkylation sites (tertiary alicyclic amines) is 1. The van der Waals surface area contributed by atoms with E-state index in [0.717, 1.165) is 49.0 Å². The molecule has 1 saturated heterocycles. The molecule has 0 spiro atoms. The first-order chi connectivity index (χ1) is 13.2. The summed E-state index contributed by atoms with van der Waals surface area (Å²) in [6, 6.07) is 0.108. The normalized spacial score (nSPS) is 18.1. The van der Waals surface area contributed by atoms with Gasteiger partial charge < -0.3 is 20.3 Å². The number of nitrogens with one attached hydrogen (secondary N) is 2. The van der Waals surface area contributed by atoms with Gasteiger partial charge in [-0.15, -0.1) is 11.3 Å². The number of aryl methyl sites for hydroxylation is 2. The summed E-state index contributed by atoms with van der Waals surface area (Å²) < 4.78 is 5.59. The van der Waals surface area contributed by atoms with E-state index in [1.807, 2.05) is 39.5 Å². The molecule has 0 aromatic carbocycles. The molecule has 0 aliphatic carbocycles. The number of aromatic nitrogens is 1. The third-order valence-electron chi connectivity index (χ3n) is 4.55. The zero-order valence-corrected chi connectivity index (χ0v) is 18.9. The predicted octanol–water partition coefficient (Wildman–Crippen LogP) is 3.60. The third kappa shape index (κ3) is 6.96. The Bertz CT molecular complexity index is 661. The van der Waals surface area contributed by atoms with Crippen molar-refractivity contribution in [1.29, 1.82) is 0 Å². The molecule has 1 amide bonds. The lowest BCUT2D eigenvalue weighted by Gasteiger charge is -2.37. The Kier molecular flexibility index (Phi) is 8.10. The Hall–Kier alpha value is -1.83. The molecule has 1 aliphatic rings. The fraction of sp³-hybridized carbons (Fsp3) is 0.750. The molecule has 1 atom stereocenters. The summed E-state index contributed by atoms with van der Waals surface area (Å²) in [6.07, 6.45) is 2.88. The number of hydrogen-bond donors (Lipinski definition) is 2. The van der Waals surface area contributed by atoms with Gasteiger partial charge in [0.2, 0.25) is 0 Å². The van der Waals surface area contributed by atoms with Crippen molar-refractivity contribution in [3.63, 3.8) is 0 Å². The summed E-state index contributed by atoms with van der Waals surface area (Å²) in [7, 11) is 0. The van der Waals surface area contributed by atoms with Crippen molar-refractivity contribution in [2.75, 3.05) is 19.6 Å². The highest BCUT2D eigenvalue weighted by molar-refractivity contribution is 7.11. The maximum absolute atomic E-state index is 12.6. The molecular weight excluding hydrogens is 374 g/mol. The van der Waals surface area contributed by atoms with Crippen LogP contribution < -0.4 is 10.6 Å². The molecule has 2 rings (SSSR count). The van der Waals surface area contributed by atoms with E-state index in [2.05, 4.69) is 27.5 Å². The van der Waals surface area contributed by atoms with Crippen molar-refractivity contribution in [2.45, 2.75) is 79.0 Å². The zero-order chi connectivity index (χ0) is 20.7. The summed E-state index contributed by atoms with van der Waals surface area (Å²) in [5.41, 5.74) is 0.593. The molecule has 2 heterocycles. The zero-order valence-electron chi connectivity index (χ0n) is 18.1. The fourth-order valence-corrected chi connectivity index (χ4v) is 3.94. The summed E-state index contributed by atoms with van der Waals surface area (Å²) >= 11 is 1.69. The quantitative estimate of drug-likeness (QED) is 0.574. The average molecular weight is 410 g/mol. The standard InChI is InChI=1S/C20H35N5O2S/c1-7-21-18(23-13-17-24-14(2)15(3)28-17)22-12-16-10-8-9-11-25(16)19(26)27-20(4,5)6/h16H,7-13H2,1-6H3,(H2,21,22,23). The van der Waals surface area contributed by atoms with Crippen molar-refractivity contribution in [3.8, 4) is 0 Å². The predicted molar refractivity (Wildman–Crippen MR) is 115 cm³/mol. The van der Waals surface area contributed by atoms with Crippen molar-refractivity contribution in [3.05, 3.63) is 15.6 Å². The lowest BCUT2D eigenvalue weighted by molar-refractivity contribution is 0.0104. The number of thiazole rings is 1. The van der Waals surface area contributed by atoms with Gasteiger partial charge in [0.05, 0.1) is 18.3 Å². The van der Waals surface area contributed by atoms with Gasteiger partial charge in [0, 0.05) is 24.5 Å². The molecule has 28 heavy (non-hydrogen) atoms. The molecular formula is C20H35N5O2S. The first-order valence-electron chi connectivity index (χ1n) is 10.1. The van der Waals surface area contributed by atoms with E-state index < -0.39 is 5.60 Å². The molecule has 158 valence electrons. The van der Waals surface area contributed by atoms with Crippen LogP contribution in [0.25, 0.3) is 0 Å². The average Bonchev–Trinajstić information content (AvgIpc) is 2.94. The summed E-state index contributed by atoms with van der Waals surface area (Å²) in [5, 5.41) is 7.69. The summed E-state index contributed by atoms with van der Waals surface area (Å²) in [4.78, 5) is 24.9. The first-order valence-corrected chi connectivity index (χ1v) is 11.0. The van der Waals surface area contributed by atoms with E-state index in [0.29, 0.717) is 13.1 Å². The molecule has 8 heteroatoms. The van der Waals surface area contributed by atoms with Gasteiger partial charge in [0.25, 0.3) is 0 Å². The highest BCUT2D eigenvalue weighted by atomic mass is 32.1. The van der Waals surface area contributed by atoms with Crippen LogP contribution in [0.2, 0.25) is 0 Å². The van der Waals surface area contributed by atoms with Crippen LogP contribution in [-0.2, 0) is 11.3 Å². The minimum Gasteiger partial charge on any atom is -0.444 e. The number of hydrogen-bond acceptors (Lipinski definition) is 5. The Morgan fingerprint density at radius 3 is 2.68 bits per heavy atom. The van der Waals surface area contributed by atoms with Crippen LogP contribution in [0.3, 0.4) is 0 Å². The van der Waals surface area contributed by atoms with Gasteiger partial charge in [-0.05, 0) is 60.8 Å². The lowest BCUT2D eigenvalue weighted by Crippen LogP contribution is -2.52. The smallest absolute Gasteiger partial charge is 0.410 e. The first kappa shape index (κ1) is 22.5. The van der Waals surface area contributed by atoms with Gasteiger partial charge in [-0.1, -0.05) is 0 Å². The summed E-state index contributed by atoms with van der Waals surface area (Å²) in [6.45, 7) is 14.6. The fourth-order valence-electron chi connectivity index (χ4n) is 3.08. The second-order valence-electron chi connectivity index (χ2n) is 8.15. The maximum atomic E-state index is 12.6. The van der Waals surface area contributed by atoms with Gasteiger partial charge in [-0.25, -0.2) is 14.8 Å². The van der Waals surface area contributed by atoms with Crippen LogP contribution in [-0.4, -0.2) is 53.2 Å². The molecule has 1 fully saturated rings. The van der Waals surface area contributed by atoms with Gasteiger partial charge in [0.1, 0.15) is 10.6 Å². The molecule has 2 N–H and O–H groups in total. The largest absolute Gasteiger partial charge is 0.444 e. The van der Waals surface area contributed by atoms with Gasteiger partial charge in [-0.3, -0.25) is 0 Å². The topological polar surface area (TPSA) is 78.9 Å². The van der Waals surface area contributed by atoms with Crippen LogP contribution in [0.4, 0.5) is 4.79 Å². The number of amides is 1. The number of rotatable bonds is 5. The SMILES string of the molecule is CCNC(=NCc1nc(C)c(C)s1)NCC1CCCCN1C(=O)OC(C)(C)C. The third-order valence-corrected chi connectivity index (χ3v) is 5.61. The second kappa shape index (κ2) is 10.1. The molecule has 0 radical (unpaired) electrons. The van der Waals surface area contributed by atoms with E-state index in [1.165, 1.54) is 4.88 Å². The Morgan fingerprint density at radius 2 is 2.07 bits per heavy atom. The molecule has 1 aromatic heterocycles. The lowest BCUT2D eigenvalue weighted by atomic mass is 10.0. The Labute approximate surface area is 173 Å². The van der Waals surface area contributed by atoms with E-state index in [4.69, 9.17) is 4.74 Å². The minimum absolute atomic E-state index is 0.108. The molecule has 0 bridgehead atoms. The van der Waals surface area contributed by atoms with Crippen LogP contribution >= 0.6 is 11.3 Å². The molecule has 7 nitrogen and oxygen atoms in total. The Morgan fingerprint density at radius 1 is 1.32 bits per heavy atom. The van der Waals surface area contributed by atoms with E-state index in [1.54, 1.807) is 11.3 Å². The van der Waals surface area contributed by atoms with Crippen LogP contribution in [0, 0.1) is 13.8 Å². The number of nitrogens with zero attached hydrogens (tertiary/aromatic N) is 3. The monoisotopic (exact) mass is 409 g/mol. The van der Waals surface area contributed by atoms with E-state index >= 15 is 0 Å². The van der Waals surface area contributed by atoms with Crippen molar-refractivity contribution in [1.82, 2.24) is 20.5 Å². The van der Waals surface area contributed by atoms with Gasteiger partial charge in [-0.2, -0.15) is 0 Å². The second-order valence-corrected chi connectivity index (χ2v) is 9.44. The van der Waals surface area contributed by atoms with E-state index in [-0.39, 0.29) is 12.1 Å².